The van der Waals surface area contributed by atoms with E-state index >= 15 is 0 Å². The zero-order valence-corrected chi connectivity index (χ0v) is 10.5. The van der Waals surface area contributed by atoms with Gasteiger partial charge >= 0.3 is 0 Å². The predicted octanol–water partition coefficient (Wildman–Crippen LogP) is 3.29. The van der Waals surface area contributed by atoms with Crippen molar-refractivity contribution in [1.29, 1.82) is 0 Å². The van der Waals surface area contributed by atoms with Crippen LogP contribution in [0.15, 0.2) is 48.5 Å². The van der Waals surface area contributed by atoms with E-state index in [1.807, 2.05) is 56.4 Å². The molecule has 2 rings (SSSR count). The number of nitrogens with one attached hydrogen (secondary N) is 2. The minimum Gasteiger partial charge on any atom is -0.388 e. The van der Waals surface area contributed by atoms with Crippen molar-refractivity contribution in [3.8, 4) is 0 Å². The van der Waals surface area contributed by atoms with Gasteiger partial charge in [0.25, 0.3) is 5.91 Å². The third-order valence-corrected chi connectivity index (χ3v) is 2.72. The highest BCUT2D eigenvalue weighted by Crippen LogP contribution is 2.13. The number of anilines is 2. The van der Waals surface area contributed by atoms with Crippen molar-refractivity contribution in [2.45, 2.75) is 6.92 Å². The summed E-state index contributed by atoms with van der Waals surface area (Å²) in [6.45, 7) is 2.02. The molecule has 18 heavy (non-hydrogen) atoms. The second-order valence-electron chi connectivity index (χ2n) is 4.15. The zero-order chi connectivity index (χ0) is 13.0. The molecule has 3 heteroatoms. The Kier molecular flexibility index (Phi) is 3.63. The first-order chi connectivity index (χ1) is 8.69. The topological polar surface area (TPSA) is 41.1 Å². The second kappa shape index (κ2) is 5.36. The second-order valence-corrected chi connectivity index (χ2v) is 4.15. The van der Waals surface area contributed by atoms with E-state index in [-0.39, 0.29) is 5.91 Å². The summed E-state index contributed by atoms with van der Waals surface area (Å²) < 4.78 is 0. The van der Waals surface area contributed by atoms with E-state index in [0.717, 1.165) is 11.4 Å². The molecular formula is C15H16N2O. The van der Waals surface area contributed by atoms with Crippen molar-refractivity contribution in [3.05, 3.63) is 59.7 Å². The van der Waals surface area contributed by atoms with Crippen LogP contribution >= 0.6 is 0 Å². The van der Waals surface area contributed by atoms with E-state index < -0.39 is 0 Å². The van der Waals surface area contributed by atoms with Crippen molar-refractivity contribution in [3.63, 3.8) is 0 Å². The number of aryl methyl sites for hydroxylation is 1. The van der Waals surface area contributed by atoms with Gasteiger partial charge in [0.05, 0.1) is 0 Å². The Morgan fingerprint density at radius 2 is 1.72 bits per heavy atom. The monoisotopic (exact) mass is 240 g/mol. The first-order valence-electron chi connectivity index (χ1n) is 5.85. The molecule has 0 spiro atoms. The van der Waals surface area contributed by atoms with Crippen LogP contribution in [-0.2, 0) is 0 Å². The Morgan fingerprint density at radius 3 is 2.39 bits per heavy atom. The minimum atomic E-state index is -0.101. The maximum Gasteiger partial charge on any atom is 0.255 e. The third-order valence-electron chi connectivity index (χ3n) is 2.72. The number of carbonyl (C=O) groups excluding carboxylic acids is 1. The van der Waals surface area contributed by atoms with E-state index in [4.69, 9.17) is 0 Å². The Bertz CT molecular complexity index is 547. The lowest BCUT2D eigenvalue weighted by Crippen LogP contribution is -2.11. The van der Waals surface area contributed by atoms with Crippen LogP contribution in [0.3, 0.4) is 0 Å². The molecule has 2 aromatic rings. The molecule has 0 unspecified atom stereocenters. The molecule has 0 bridgehead atoms. The van der Waals surface area contributed by atoms with Crippen LogP contribution in [-0.4, -0.2) is 13.0 Å². The maximum absolute atomic E-state index is 12.0. The summed E-state index contributed by atoms with van der Waals surface area (Å²) in [6.07, 6.45) is 0. The highest BCUT2D eigenvalue weighted by molar-refractivity contribution is 6.04. The molecule has 2 N–H and O–H groups in total. The lowest BCUT2D eigenvalue weighted by atomic mass is 10.1. The first-order valence-corrected chi connectivity index (χ1v) is 5.85. The predicted molar refractivity (Wildman–Crippen MR) is 75.1 cm³/mol. The molecule has 0 fully saturated rings. The van der Waals surface area contributed by atoms with Crippen LogP contribution in [0.5, 0.6) is 0 Å². The summed E-state index contributed by atoms with van der Waals surface area (Å²) in [4.78, 5) is 12.0. The summed E-state index contributed by atoms with van der Waals surface area (Å²) in [5.41, 5.74) is 3.54. The van der Waals surface area contributed by atoms with Crippen molar-refractivity contribution < 1.29 is 4.79 Å². The Balaban J connectivity index is 2.14. The van der Waals surface area contributed by atoms with Gasteiger partial charge in [-0.1, -0.05) is 23.8 Å². The van der Waals surface area contributed by atoms with Crippen molar-refractivity contribution in [1.82, 2.24) is 0 Å². The van der Waals surface area contributed by atoms with Gasteiger partial charge in [0.1, 0.15) is 0 Å². The van der Waals surface area contributed by atoms with Gasteiger partial charge in [-0.15, -0.1) is 0 Å². The Labute approximate surface area is 107 Å². The van der Waals surface area contributed by atoms with Gasteiger partial charge in [-0.2, -0.15) is 0 Å². The molecule has 3 nitrogen and oxygen atoms in total. The van der Waals surface area contributed by atoms with Gasteiger partial charge in [0, 0.05) is 24.0 Å². The lowest BCUT2D eigenvalue weighted by molar-refractivity contribution is 0.102. The number of rotatable bonds is 3. The standard InChI is InChI=1S/C15H16N2O/c1-11-6-8-13(9-7-11)17-15(18)12-4-3-5-14(10-12)16-2/h3-10,16H,1-2H3,(H,17,18). The lowest BCUT2D eigenvalue weighted by Gasteiger charge is -2.07. The van der Waals surface area contributed by atoms with Crippen LogP contribution in [0.1, 0.15) is 15.9 Å². The molecule has 0 radical (unpaired) electrons. The third kappa shape index (κ3) is 2.88. The average Bonchev–Trinajstić information content (AvgIpc) is 2.41. The van der Waals surface area contributed by atoms with Gasteiger partial charge in [0.2, 0.25) is 0 Å². The Hall–Kier alpha value is -2.29. The minimum absolute atomic E-state index is 0.101. The first kappa shape index (κ1) is 12.2. The van der Waals surface area contributed by atoms with Crippen molar-refractivity contribution in [2.24, 2.45) is 0 Å². The van der Waals surface area contributed by atoms with Crippen LogP contribution in [0.4, 0.5) is 11.4 Å². The highest BCUT2D eigenvalue weighted by atomic mass is 16.1. The van der Waals surface area contributed by atoms with Gasteiger partial charge in [-0.05, 0) is 37.3 Å². The fraction of sp³-hybridized carbons (Fsp3) is 0.133. The molecule has 0 heterocycles. The molecule has 0 aliphatic heterocycles. The molecule has 0 aliphatic rings. The summed E-state index contributed by atoms with van der Waals surface area (Å²) in [7, 11) is 1.83. The van der Waals surface area contributed by atoms with Gasteiger partial charge in [0.15, 0.2) is 0 Å². The van der Waals surface area contributed by atoms with E-state index in [0.29, 0.717) is 5.56 Å². The van der Waals surface area contributed by atoms with Crippen LogP contribution in [0.2, 0.25) is 0 Å². The molecule has 92 valence electrons. The Morgan fingerprint density at radius 1 is 1.00 bits per heavy atom. The van der Waals surface area contributed by atoms with Crippen molar-refractivity contribution >= 4 is 17.3 Å². The van der Waals surface area contributed by atoms with E-state index in [1.54, 1.807) is 6.07 Å². The summed E-state index contributed by atoms with van der Waals surface area (Å²) >= 11 is 0. The molecule has 0 aliphatic carbocycles. The molecule has 2 aromatic carbocycles. The number of hydrogen-bond donors (Lipinski definition) is 2. The van der Waals surface area contributed by atoms with Crippen molar-refractivity contribution in [2.75, 3.05) is 17.7 Å². The molecule has 0 aromatic heterocycles. The smallest absolute Gasteiger partial charge is 0.255 e. The fourth-order valence-electron chi connectivity index (χ4n) is 1.66. The van der Waals surface area contributed by atoms with E-state index in [1.165, 1.54) is 5.56 Å². The molecule has 0 saturated carbocycles. The normalized spacial score (nSPS) is 9.89. The summed E-state index contributed by atoms with van der Waals surface area (Å²) in [5.74, 6) is -0.101. The number of benzene rings is 2. The quantitative estimate of drug-likeness (QED) is 0.864. The average molecular weight is 240 g/mol. The maximum atomic E-state index is 12.0. The summed E-state index contributed by atoms with van der Waals surface area (Å²) in [5, 5.41) is 5.88. The molecule has 1 amide bonds. The SMILES string of the molecule is CNc1cccc(C(=O)Nc2ccc(C)cc2)c1. The van der Waals surface area contributed by atoms with Gasteiger partial charge in [-0.3, -0.25) is 4.79 Å². The number of hydrogen-bond acceptors (Lipinski definition) is 2. The molecule has 0 atom stereocenters. The zero-order valence-electron chi connectivity index (χ0n) is 10.5. The number of carbonyl (C=O) groups is 1. The van der Waals surface area contributed by atoms with Gasteiger partial charge in [-0.25, -0.2) is 0 Å². The highest BCUT2D eigenvalue weighted by Gasteiger charge is 2.06. The van der Waals surface area contributed by atoms with Gasteiger partial charge < -0.3 is 10.6 Å². The fourth-order valence-corrected chi connectivity index (χ4v) is 1.66. The van der Waals surface area contributed by atoms with Crippen LogP contribution in [0.25, 0.3) is 0 Å². The molecule has 0 saturated heterocycles. The van der Waals surface area contributed by atoms with E-state index in [2.05, 4.69) is 10.6 Å². The number of amides is 1. The molecular weight excluding hydrogens is 224 g/mol. The largest absolute Gasteiger partial charge is 0.388 e. The van der Waals surface area contributed by atoms with Crippen LogP contribution in [0, 0.1) is 6.92 Å². The summed E-state index contributed by atoms with van der Waals surface area (Å²) in [6, 6.07) is 15.1. The van der Waals surface area contributed by atoms with E-state index in [9.17, 15) is 4.79 Å². The van der Waals surface area contributed by atoms with Crippen LogP contribution < -0.4 is 10.6 Å².